The van der Waals surface area contributed by atoms with Gasteiger partial charge in [-0.25, -0.2) is 9.97 Å². The average Bonchev–Trinajstić information content (AvgIpc) is 2.88. The van der Waals surface area contributed by atoms with Crippen LogP contribution in [0, 0.1) is 0 Å². The van der Waals surface area contributed by atoms with Crippen LogP contribution in [0.15, 0.2) is 30.6 Å². The molecule has 20 heavy (non-hydrogen) atoms. The molecule has 0 radical (unpaired) electrons. The van der Waals surface area contributed by atoms with E-state index in [1.807, 2.05) is 18.2 Å². The number of aromatic amines is 1. The number of nitrogens with two attached hydrogens (primary N) is 1. The lowest BCUT2D eigenvalue weighted by molar-refractivity contribution is 0.396. The molecule has 0 bridgehead atoms. The van der Waals surface area contributed by atoms with E-state index in [1.165, 1.54) is 0 Å². The van der Waals surface area contributed by atoms with Crippen LogP contribution < -0.4 is 10.5 Å². The Labute approximate surface area is 120 Å². The molecule has 6 heteroatoms. The third-order valence-electron chi connectivity index (χ3n) is 3.10. The number of fused-ring (bicyclic) bond motifs is 1. The zero-order chi connectivity index (χ0) is 14.1. The summed E-state index contributed by atoms with van der Waals surface area (Å²) in [5.41, 5.74) is 9.09. The molecule has 0 saturated carbocycles. The van der Waals surface area contributed by atoms with Gasteiger partial charge in [-0.2, -0.15) is 0 Å². The number of ether oxygens (including phenoxy) is 1. The topological polar surface area (TPSA) is 76.8 Å². The van der Waals surface area contributed by atoms with Gasteiger partial charge in [0.2, 0.25) is 5.88 Å². The molecule has 0 aliphatic rings. The lowest BCUT2D eigenvalue weighted by Crippen LogP contribution is -1.95. The smallest absolute Gasteiger partial charge is 0.232 e. The highest BCUT2D eigenvalue weighted by Crippen LogP contribution is 2.31. The molecular formula is C14H13ClN4O. The number of rotatable bonds is 3. The molecule has 0 spiro atoms. The van der Waals surface area contributed by atoms with Gasteiger partial charge in [0.05, 0.1) is 30.2 Å². The highest BCUT2D eigenvalue weighted by atomic mass is 35.5. The van der Waals surface area contributed by atoms with Crippen molar-refractivity contribution >= 4 is 22.5 Å². The van der Waals surface area contributed by atoms with Crippen LogP contribution in [0.25, 0.3) is 22.2 Å². The van der Waals surface area contributed by atoms with Gasteiger partial charge < -0.3 is 15.5 Å². The van der Waals surface area contributed by atoms with Crippen molar-refractivity contribution in [3.05, 3.63) is 41.3 Å². The molecule has 0 saturated heterocycles. The largest absolute Gasteiger partial charge is 0.480 e. The molecule has 0 fully saturated rings. The standard InChI is InChI=1S/C14H13ClN4O/c1-20-14-7-17-13(6-18-14)10-4-12-8(3-11(10)15)2-9(5-16)19-12/h2-4,6-7,19H,5,16H2,1H3. The number of hydrogen-bond donors (Lipinski definition) is 2. The Balaban J connectivity index is 2.11. The van der Waals surface area contributed by atoms with E-state index in [0.29, 0.717) is 23.1 Å². The SMILES string of the molecule is COc1cnc(-c2cc3[nH]c(CN)cc3cc2Cl)cn1. The molecule has 0 aliphatic carbocycles. The van der Waals surface area contributed by atoms with Crippen LogP contribution >= 0.6 is 11.6 Å². The second-order valence-electron chi connectivity index (χ2n) is 4.36. The van der Waals surface area contributed by atoms with Crippen molar-refractivity contribution in [3.8, 4) is 17.1 Å². The van der Waals surface area contributed by atoms with Crippen LogP contribution in [0.2, 0.25) is 5.02 Å². The zero-order valence-electron chi connectivity index (χ0n) is 10.9. The fraction of sp³-hybridized carbons (Fsp3) is 0.143. The molecule has 5 nitrogen and oxygen atoms in total. The minimum Gasteiger partial charge on any atom is -0.480 e. The summed E-state index contributed by atoms with van der Waals surface area (Å²) in [6.45, 7) is 0.462. The number of benzene rings is 1. The summed E-state index contributed by atoms with van der Waals surface area (Å²) in [5, 5.41) is 1.65. The Bertz CT molecular complexity index is 752. The van der Waals surface area contributed by atoms with Crippen molar-refractivity contribution in [2.75, 3.05) is 7.11 Å². The Morgan fingerprint density at radius 3 is 2.75 bits per heavy atom. The molecule has 102 valence electrons. The van der Waals surface area contributed by atoms with Crippen molar-refractivity contribution in [1.29, 1.82) is 0 Å². The number of hydrogen-bond acceptors (Lipinski definition) is 4. The zero-order valence-corrected chi connectivity index (χ0v) is 11.6. The van der Waals surface area contributed by atoms with E-state index in [0.717, 1.165) is 22.2 Å². The summed E-state index contributed by atoms with van der Waals surface area (Å²) >= 11 is 6.32. The molecule has 1 aromatic carbocycles. The van der Waals surface area contributed by atoms with Crippen LogP contribution in [-0.4, -0.2) is 22.1 Å². The molecule has 3 rings (SSSR count). The van der Waals surface area contributed by atoms with Crippen molar-refractivity contribution in [2.45, 2.75) is 6.54 Å². The fourth-order valence-corrected chi connectivity index (χ4v) is 2.35. The van der Waals surface area contributed by atoms with E-state index >= 15 is 0 Å². The number of methoxy groups -OCH3 is 1. The Morgan fingerprint density at radius 2 is 2.10 bits per heavy atom. The molecule has 0 atom stereocenters. The van der Waals surface area contributed by atoms with Gasteiger partial charge in [0.1, 0.15) is 0 Å². The maximum Gasteiger partial charge on any atom is 0.232 e. The van der Waals surface area contributed by atoms with Gasteiger partial charge >= 0.3 is 0 Å². The number of H-pyrrole nitrogens is 1. The van der Waals surface area contributed by atoms with Gasteiger partial charge in [-0.1, -0.05) is 11.6 Å². The van der Waals surface area contributed by atoms with E-state index in [2.05, 4.69) is 15.0 Å². The summed E-state index contributed by atoms with van der Waals surface area (Å²) in [4.78, 5) is 11.7. The van der Waals surface area contributed by atoms with Crippen LogP contribution in [0.5, 0.6) is 5.88 Å². The summed E-state index contributed by atoms with van der Waals surface area (Å²) in [6.07, 6.45) is 3.20. The highest BCUT2D eigenvalue weighted by Gasteiger charge is 2.10. The maximum absolute atomic E-state index is 6.32. The van der Waals surface area contributed by atoms with Crippen LogP contribution in [0.1, 0.15) is 5.69 Å². The van der Waals surface area contributed by atoms with Gasteiger partial charge in [-0.3, -0.25) is 0 Å². The van der Waals surface area contributed by atoms with E-state index in [4.69, 9.17) is 22.1 Å². The van der Waals surface area contributed by atoms with E-state index in [-0.39, 0.29) is 0 Å². The Morgan fingerprint density at radius 1 is 1.25 bits per heavy atom. The summed E-state index contributed by atoms with van der Waals surface area (Å²) in [6, 6.07) is 5.84. The molecule has 3 aromatic rings. The number of nitrogens with one attached hydrogen (secondary N) is 1. The summed E-state index contributed by atoms with van der Waals surface area (Å²) < 4.78 is 5.00. The Kier molecular flexibility index (Phi) is 3.30. The molecule has 0 amide bonds. The van der Waals surface area contributed by atoms with Crippen LogP contribution in [-0.2, 0) is 6.54 Å². The van der Waals surface area contributed by atoms with Gasteiger partial charge in [0.15, 0.2) is 0 Å². The van der Waals surface area contributed by atoms with E-state index in [9.17, 15) is 0 Å². The molecule has 2 aromatic heterocycles. The van der Waals surface area contributed by atoms with Gasteiger partial charge in [-0.15, -0.1) is 0 Å². The first-order valence-corrected chi connectivity index (χ1v) is 6.46. The Hall–Kier alpha value is -2.11. The number of halogens is 1. The normalized spacial score (nSPS) is 10.9. The second kappa shape index (κ2) is 5.11. The minimum absolute atomic E-state index is 0.462. The first-order valence-electron chi connectivity index (χ1n) is 6.09. The summed E-state index contributed by atoms with van der Waals surface area (Å²) in [7, 11) is 1.55. The predicted octanol–water partition coefficient (Wildman–Crippen LogP) is 2.75. The molecule has 0 unspecified atom stereocenters. The maximum atomic E-state index is 6.32. The van der Waals surface area contributed by atoms with Crippen molar-refractivity contribution in [3.63, 3.8) is 0 Å². The predicted molar refractivity (Wildman–Crippen MR) is 78.8 cm³/mol. The van der Waals surface area contributed by atoms with Gasteiger partial charge in [0.25, 0.3) is 0 Å². The van der Waals surface area contributed by atoms with Crippen molar-refractivity contribution < 1.29 is 4.74 Å². The lowest BCUT2D eigenvalue weighted by atomic mass is 10.1. The average molecular weight is 289 g/mol. The molecule has 0 aliphatic heterocycles. The third kappa shape index (κ3) is 2.21. The van der Waals surface area contributed by atoms with E-state index in [1.54, 1.807) is 19.5 Å². The second-order valence-corrected chi connectivity index (χ2v) is 4.77. The quantitative estimate of drug-likeness (QED) is 0.777. The highest BCUT2D eigenvalue weighted by molar-refractivity contribution is 6.34. The monoisotopic (exact) mass is 288 g/mol. The molecule has 3 N–H and O–H groups in total. The van der Waals surface area contributed by atoms with Gasteiger partial charge in [-0.05, 0) is 18.2 Å². The van der Waals surface area contributed by atoms with Crippen LogP contribution in [0.4, 0.5) is 0 Å². The summed E-state index contributed by atoms with van der Waals surface area (Å²) in [5.74, 6) is 0.469. The minimum atomic E-state index is 0.462. The molecule has 2 heterocycles. The van der Waals surface area contributed by atoms with Gasteiger partial charge in [0, 0.05) is 28.7 Å². The lowest BCUT2D eigenvalue weighted by Gasteiger charge is -2.05. The number of aromatic nitrogens is 3. The van der Waals surface area contributed by atoms with E-state index < -0.39 is 0 Å². The first-order chi connectivity index (χ1) is 9.71. The molecular weight excluding hydrogens is 276 g/mol. The van der Waals surface area contributed by atoms with Crippen LogP contribution in [0.3, 0.4) is 0 Å². The fourth-order valence-electron chi connectivity index (χ4n) is 2.08. The first kappa shape index (κ1) is 12.9. The third-order valence-corrected chi connectivity index (χ3v) is 3.41. The van der Waals surface area contributed by atoms with Crippen molar-refractivity contribution in [1.82, 2.24) is 15.0 Å². The number of nitrogens with zero attached hydrogens (tertiary/aromatic N) is 2. The van der Waals surface area contributed by atoms with Crippen molar-refractivity contribution in [2.24, 2.45) is 5.73 Å².